The molecule has 8 nitrogen and oxygen atoms in total. The van der Waals surface area contributed by atoms with Crippen LogP contribution in [0.15, 0.2) is 0 Å². The first-order valence-corrected chi connectivity index (χ1v) is 6.70. The van der Waals surface area contributed by atoms with Crippen LogP contribution < -0.4 is 51.0 Å². The zero-order valence-electron chi connectivity index (χ0n) is 10.3. The van der Waals surface area contributed by atoms with Gasteiger partial charge in [-0.05, 0) is 0 Å². The normalized spacial score (nSPS) is 17.9. The molecule has 100 valence electrons. The van der Waals surface area contributed by atoms with Crippen LogP contribution in [0, 0.1) is 0 Å². The molecule has 1 atom stereocenters. The molecule has 0 bridgehead atoms. The first kappa shape index (κ1) is 16.4. The molecule has 9 heteroatoms. The first-order chi connectivity index (χ1) is 6.96. The van der Waals surface area contributed by atoms with Crippen molar-refractivity contribution in [2.45, 2.75) is 45.5 Å². The predicted octanol–water partition coefficient (Wildman–Crippen LogP) is -4.64. The average Bonchev–Trinajstić information content (AvgIpc) is 2.12. The van der Waals surface area contributed by atoms with Crippen LogP contribution >= 0.6 is 0 Å². The minimum absolute atomic E-state index is 0.366. The zero-order valence-corrected chi connectivity index (χ0v) is 12.4. The number of quaternary nitrogens is 1. The van der Waals surface area contributed by atoms with E-state index in [0.29, 0.717) is 6.42 Å². The van der Waals surface area contributed by atoms with E-state index >= 15 is 0 Å². The molecule has 0 saturated carbocycles. The monoisotopic (exact) mass is 349 g/mol. The third kappa shape index (κ3) is 4.01. The molecule has 0 saturated heterocycles. The molecule has 0 aliphatic rings. The molecule has 1 unspecified atom stereocenters. The van der Waals surface area contributed by atoms with Crippen molar-refractivity contribution >= 4 is 0 Å². The summed E-state index contributed by atoms with van der Waals surface area (Å²) in [6.07, 6.45) is 0.616. The number of hydrogen-bond acceptors (Lipinski definition) is 7. The fourth-order valence-corrected chi connectivity index (χ4v) is 2.29. The van der Waals surface area contributed by atoms with Gasteiger partial charge in [0.25, 0.3) is 0 Å². The maximum absolute atomic E-state index is 5.87. The quantitative estimate of drug-likeness (QED) is 0.107. The van der Waals surface area contributed by atoms with Gasteiger partial charge in [-0.25, -0.2) is 0 Å². The Morgan fingerprint density at radius 3 is 1.94 bits per heavy atom. The van der Waals surface area contributed by atoms with Crippen LogP contribution in [-0.2, 0) is 3.07 Å². The van der Waals surface area contributed by atoms with Gasteiger partial charge in [0.15, 0.2) is 0 Å². The van der Waals surface area contributed by atoms with E-state index in [-0.39, 0.29) is 2.91 Å². The van der Waals surface area contributed by atoms with Gasteiger partial charge >= 0.3 is 108 Å². The number of rotatable bonds is 6. The van der Waals surface area contributed by atoms with E-state index in [0.717, 1.165) is 5.12 Å². The summed E-state index contributed by atoms with van der Waals surface area (Å²) in [4.78, 5) is 0. The number of hydrogen-bond donors (Lipinski definition) is 5. The number of nitrogens with two attached hydrogens (primary N) is 5. The van der Waals surface area contributed by atoms with E-state index in [9.17, 15) is 0 Å². The molecule has 0 radical (unpaired) electrons. The van der Waals surface area contributed by atoms with Gasteiger partial charge in [0, 0.05) is 0 Å². The topological polar surface area (TPSA) is 143 Å². The van der Waals surface area contributed by atoms with Crippen LogP contribution in [-0.4, -0.2) is 19.4 Å². The van der Waals surface area contributed by atoms with E-state index in [1.165, 1.54) is 0 Å². The molecule has 0 aromatic carbocycles. The standard InChI is InChI=1S/C7H24IN7O/c1-5-7(4,14(10)11)16-8-15(12,13)6(2,3)9/h5,9-13H2,1-4H3. The van der Waals surface area contributed by atoms with Crippen molar-refractivity contribution in [2.24, 2.45) is 29.1 Å². The summed E-state index contributed by atoms with van der Waals surface area (Å²) in [5.41, 5.74) is 4.29. The molecule has 0 rings (SSSR count). The molecular formula is C7H24IN7O. The van der Waals surface area contributed by atoms with E-state index in [1.807, 2.05) is 6.92 Å². The summed E-state index contributed by atoms with van der Waals surface area (Å²) in [6.45, 7) is 7.16. The Morgan fingerprint density at radius 2 is 1.69 bits per heavy atom. The van der Waals surface area contributed by atoms with Gasteiger partial charge in [-0.1, -0.05) is 0 Å². The Labute approximate surface area is 108 Å². The Kier molecular flexibility index (Phi) is 5.51. The molecular weight excluding hydrogens is 325 g/mol. The van der Waals surface area contributed by atoms with Crippen LogP contribution in [0.4, 0.5) is 0 Å². The molecule has 0 aromatic heterocycles. The molecule has 0 fully saturated rings. The summed E-state index contributed by atoms with van der Waals surface area (Å²) < 4.78 is 5.29. The fourth-order valence-electron chi connectivity index (χ4n) is 0.497. The van der Waals surface area contributed by atoms with Gasteiger partial charge in [0.2, 0.25) is 0 Å². The molecule has 0 aromatic rings. The predicted molar refractivity (Wildman–Crippen MR) is 56.9 cm³/mol. The average molecular weight is 349 g/mol. The van der Waals surface area contributed by atoms with E-state index < -0.39 is 33.3 Å². The van der Waals surface area contributed by atoms with E-state index in [2.05, 4.69) is 0 Å². The van der Waals surface area contributed by atoms with Crippen LogP contribution in [0.5, 0.6) is 0 Å². The van der Waals surface area contributed by atoms with Gasteiger partial charge < -0.3 is 0 Å². The molecule has 0 aliphatic carbocycles. The third-order valence-electron chi connectivity index (χ3n) is 2.40. The van der Waals surface area contributed by atoms with Gasteiger partial charge in [0.1, 0.15) is 0 Å². The zero-order chi connectivity index (χ0) is 13.2. The molecule has 0 spiro atoms. The third-order valence-corrected chi connectivity index (χ3v) is 5.44. The fraction of sp³-hybridized carbons (Fsp3) is 1.00. The Hall–Kier alpha value is 0.410. The van der Waals surface area contributed by atoms with Crippen molar-refractivity contribution in [2.75, 3.05) is 0 Å². The van der Waals surface area contributed by atoms with E-state index in [1.54, 1.807) is 20.8 Å². The minimum atomic E-state index is -1.07. The second kappa shape index (κ2) is 5.37. The van der Waals surface area contributed by atoms with Crippen molar-refractivity contribution in [3.63, 3.8) is 0 Å². The van der Waals surface area contributed by atoms with Crippen LogP contribution in [0.25, 0.3) is 0 Å². The van der Waals surface area contributed by atoms with Gasteiger partial charge in [-0.3, -0.25) is 0 Å². The van der Waals surface area contributed by atoms with Crippen molar-refractivity contribution < 1.29 is 27.9 Å². The van der Waals surface area contributed by atoms with Crippen molar-refractivity contribution in [3.8, 4) is 0 Å². The molecule has 0 aliphatic heterocycles. The van der Waals surface area contributed by atoms with Crippen LogP contribution in [0.3, 0.4) is 0 Å². The summed E-state index contributed by atoms with van der Waals surface area (Å²) in [6, 6.07) is 0. The maximum atomic E-state index is 5.87. The van der Waals surface area contributed by atoms with Crippen LogP contribution in [0.1, 0.15) is 34.1 Å². The summed E-state index contributed by atoms with van der Waals surface area (Å²) in [7, 11) is 0. The SMILES string of the molecule is CCC(C)(O[I-][N+](N)(N)C(C)(C)N)N(N)N. The Bertz CT molecular complexity index is 225. The van der Waals surface area contributed by atoms with Crippen molar-refractivity contribution in [1.29, 1.82) is 0 Å². The van der Waals surface area contributed by atoms with Gasteiger partial charge in [-0.15, -0.1) is 0 Å². The second-order valence-corrected chi connectivity index (χ2v) is 6.85. The number of halogens is 1. The first-order valence-electron chi connectivity index (χ1n) is 4.86. The number of hydrazine groups is 2. The van der Waals surface area contributed by atoms with Crippen molar-refractivity contribution in [3.05, 3.63) is 0 Å². The second-order valence-electron chi connectivity index (χ2n) is 4.42. The summed E-state index contributed by atoms with van der Waals surface area (Å²) >= 11 is -1.07. The molecule has 0 amide bonds. The van der Waals surface area contributed by atoms with Gasteiger partial charge in [0.05, 0.1) is 0 Å². The Morgan fingerprint density at radius 1 is 1.25 bits per heavy atom. The van der Waals surface area contributed by atoms with Gasteiger partial charge in [-0.2, -0.15) is 0 Å². The summed E-state index contributed by atoms with van der Waals surface area (Å²) in [5.74, 6) is 22.7. The summed E-state index contributed by atoms with van der Waals surface area (Å²) in [5, 5.41) is 1.02. The Balaban J connectivity index is 4.55. The van der Waals surface area contributed by atoms with Crippen LogP contribution in [0.2, 0.25) is 0 Å². The van der Waals surface area contributed by atoms with Crippen molar-refractivity contribution in [1.82, 2.24) is 5.12 Å². The molecule has 0 heterocycles. The molecule has 10 N–H and O–H groups in total. The van der Waals surface area contributed by atoms with E-state index in [4.69, 9.17) is 32.2 Å². The number of nitrogens with zero attached hydrogens (tertiary/aromatic N) is 2. The molecule has 16 heavy (non-hydrogen) atoms.